The molecule has 4 heteroatoms. The lowest BCUT2D eigenvalue weighted by Gasteiger charge is -2.04. The van der Waals surface area contributed by atoms with Gasteiger partial charge in [-0.15, -0.1) is 0 Å². The molecule has 0 amide bonds. The van der Waals surface area contributed by atoms with Gasteiger partial charge in [0.2, 0.25) is 0 Å². The SMILES string of the molecule is COc1cccc2cc(CNc3ccccc3F)oc12. The minimum atomic E-state index is -0.277. The van der Waals surface area contributed by atoms with Gasteiger partial charge in [0.05, 0.1) is 19.3 Å². The molecule has 0 fully saturated rings. The van der Waals surface area contributed by atoms with Crippen LogP contribution in [0.5, 0.6) is 5.75 Å². The van der Waals surface area contributed by atoms with E-state index < -0.39 is 0 Å². The van der Waals surface area contributed by atoms with Crippen molar-refractivity contribution in [1.82, 2.24) is 0 Å². The number of halogens is 1. The van der Waals surface area contributed by atoms with Crippen LogP contribution >= 0.6 is 0 Å². The summed E-state index contributed by atoms with van der Waals surface area (Å²) in [4.78, 5) is 0. The van der Waals surface area contributed by atoms with Gasteiger partial charge in [0.1, 0.15) is 11.6 Å². The first-order chi connectivity index (χ1) is 9.78. The fourth-order valence-electron chi connectivity index (χ4n) is 2.12. The summed E-state index contributed by atoms with van der Waals surface area (Å²) in [5, 5.41) is 3.99. The molecule has 0 saturated carbocycles. The second kappa shape index (κ2) is 5.25. The monoisotopic (exact) mass is 271 g/mol. The summed E-state index contributed by atoms with van der Waals surface area (Å²) >= 11 is 0. The summed E-state index contributed by atoms with van der Waals surface area (Å²) in [6, 6.07) is 14.2. The van der Waals surface area contributed by atoms with Crippen molar-refractivity contribution in [2.45, 2.75) is 6.54 Å². The van der Waals surface area contributed by atoms with E-state index in [0.29, 0.717) is 23.6 Å². The first-order valence-electron chi connectivity index (χ1n) is 6.32. The van der Waals surface area contributed by atoms with Gasteiger partial charge >= 0.3 is 0 Å². The van der Waals surface area contributed by atoms with Crippen LogP contribution in [0.4, 0.5) is 10.1 Å². The predicted molar refractivity (Wildman–Crippen MR) is 76.5 cm³/mol. The third-order valence-electron chi connectivity index (χ3n) is 3.11. The Morgan fingerprint density at radius 1 is 1.15 bits per heavy atom. The number of nitrogens with one attached hydrogen (secondary N) is 1. The van der Waals surface area contributed by atoms with Crippen LogP contribution in [0, 0.1) is 5.82 Å². The zero-order valence-electron chi connectivity index (χ0n) is 11.0. The average Bonchev–Trinajstić information content (AvgIpc) is 2.89. The number of anilines is 1. The molecule has 0 aliphatic carbocycles. The molecule has 3 nitrogen and oxygen atoms in total. The topological polar surface area (TPSA) is 34.4 Å². The molecule has 0 aliphatic heterocycles. The van der Waals surface area contributed by atoms with Crippen LogP contribution in [0.3, 0.4) is 0 Å². The summed E-state index contributed by atoms with van der Waals surface area (Å²) in [5.41, 5.74) is 1.17. The van der Waals surface area contributed by atoms with E-state index in [9.17, 15) is 4.39 Å². The average molecular weight is 271 g/mol. The van der Waals surface area contributed by atoms with Crippen molar-refractivity contribution in [3.63, 3.8) is 0 Å². The van der Waals surface area contributed by atoms with Gasteiger partial charge in [-0.1, -0.05) is 24.3 Å². The third kappa shape index (κ3) is 2.32. The van der Waals surface area contributed by atoms with Gasteiger partial charge in [-0.3, -0.25) is 0 Å². The van der Waals surface area contributed by atoms with Crippen molar-refractivity contribution in [2.75, 3.05) is 12.4 Å². The second-order valence-corrected chi connectivity index (χ2v) is 4.42. The Balaban J connectivity index is 1.83. The van der Waals surface area contributed by atoms with E-state index in [2.05, 4.69) is 5.32 Å². The van der Waals surface area contributed by atoms with E-state index >= 15 is 0 Å². The number of hydrogen-bond acceptors (Lipinski definition) is 3. The number of furan rings is 1. The molecule has 0 radical (unpaired) electrons. The lowest BCUT2D eigenvalue weighted by Crippen LogP contribution is -1.99. The molecule has 0 bridgehead atoms. The normalized spacial score (nSPS) is 10.7. The molecule has 102 valence electrons. The summed E-state index contributed by atoms with van der Waals surface area (Å²) < 4.78 is 24.5. The molecule has 0 atom stereocenters. The lowest BCUT2D eigenvalue weighted by atomic mass is 10.2. The molecule has 2 aromatic carbocycles. The number of ether oxygens (including phenoxy) is 1. The van der Waals surface area contributed by atoms with Crippen LogP contribution in [-0.4, -0.2) is 7.11 Å². The van der Waals surface area contributed by atoms with Crippen LogP contribution in [0.1, 0.15) is 5.76 Å². The van der Waals surface area contributed by atoms with E-state index in [0.717, 1.165) is 11.1 Å². The number of rotatable bonds is 4. The van der Waals surface area contributed by atoms with Gasteiger partial charge in [0.15, 0.2) is 11.3 Å². The minimum absolute atomic E-state index is 0.277. The van der Waals surface area contributed by atoms with E-state index in [4.69, 9.17) is 9.15 Å². The van der Waals surface area contributed by atoms with Crippen molar-refractivity contribution in [2.24, 2.45) is 0 Å². The van der Waals surface area contributed by atoms with Gasteiger partial charge in [0.25, 0.3) is 0 Å². The highest BCUT2D eigenvalue weighted by Crippen LogP contribution is 2.28. The molecule has 1 heterocycles. The third-order valence-corrected chi connectivity index (χ3v) is 3.11. The van der Waals surface area contributed by atoms with E-state index in [1.54, 1.807) is 25.3 Å². The Kier molecular flexibility index (Phi) is 3.29. The Morgan fingerprint density at radius 3 is 2.80 bits per heavy atom. The maximum atomic E-state index is 13.5. The van der Waals surface area contributed by atoms with Gasteiger partial charge in [-0.05, 0) is 24.3 Å². The fourth-order valence-corrected chi connectivity index (χ4v) is 2.12. The van der Waals surface area contributed by atoms with Crippen LogP contribution in [0.15, 0.2) is 52.9 Å². The second-order valence-electron chi connectivity index (χ2n) is 4.42. The van der Waals surface area contributed by atoms with Gasteiger partial charge in [-0.25, -0.2) is 4.39 Å². The summed E-state index contributed by atoms with van der Waals surface area (Å²) in [6.07, 6.45) is 0. The summed E-state index contributed by atoms with van der Waals surface area (Å²) in [5.74, 6) is 1.15. The zero-order chi connectivity index (χ0) is 13.9. The number of methoxy groups -OCH3 is 1. The predicted octanol–water partition coefficient (Wildman–Crippen LogP) is 4.19. The Bertz CT molecular complexity index is 736. The first kappa shape index (κ1) is 12.5. The Labute approximate surface area is 116 Å². The zero-order valence-corrected chi connectivity index (χ0v) is 11.0. The Hall–Kier alpha value is -2.49. The molecular formula is C16H14FNO2. The van der Waals surface area contributed by atoms with E-state index in [1.807, 2.05) is 24.3 Å². The van der Waals surface area contributed by atoms with Gasteiger partial charge in [0, 0.05) is 5.39 Å². The summed E-state index contributed by atoms with van der Waals surface area (Å²) in [7, 11) is 1.61. The molecule has 0 spiro atoms. The number of hydrogen-bond donors (Lipinski definition) is 1. The fraction of sp³-hybridized carbons (Fsp3) is 0.125. The van der Waals surface area contributed by atoms with Crippen LogP contribution in [-0.2, 0) is 6.54 Å². The van der Waals surface area contributed by atoms with Crippen LogP contribution in [0.2, 0.25) is 0 Å². The molecule has 1 aromatic heterocycles. The molecule has 20 heavy (non-hydrogen) atoms. The molecule has 0 unspecified atom stereocenters. The van der Waals surface area contributed by atoms with Gasteiger partial charge < -0.3 is 14.5 Å². The minimum Gasteiger partial charge on any atom is -0.493 e. The maximum absolute atomic E-state index is 13.5. The van der Waals surface area contributed by atoms with E-state index in [1.165, 1.54) is 6.07 Å². The van der Waals surface area contributed by atoms with Crippen molar-refractivity contribution in [3.8, 4) is 5.75 Å². The standard InChI is InChI=1S/C16H14FNO2/c1-19-15-8-4-5-11-9-12(20-16(11)15)10-18-14-7-3-2-6-13(14)17/h2-9,18H,10H2,1H3. The smallest absolute Gasteiger partial charge is 0.176 e. The van der Waals surface area contributed by atoms with Gasteiger partial charge in [-0.2, -0.15) is 0 Å². The largest absolute Gasteiger partial charge is 0.493 e. The molecule has 0 saturated heterocycles. The molecular weight excluding hydrogens is 257 g/mol. The van der Waals surface area contributed by atoms with Crippen molar-refractivity contribution in [1.29, 1.82) is 0 Å². The highest BCUT2D eigenvalue weighted by atomic mass is 19.1. The summed E-state index contributed by atoms with van der Waals surface area (Å²) in [6.45, 7) is 0.415. The highest BCUT2D eigenvalue weighted by Gasteiger charge is 2.09. The van der Waals surface area contributed by atoms with Crippen molar-refractivity contribution < 1.29 is 13.5 Å². The molecule has 1 N–H and O–H groups in total. The van der Waals surface area contributed by atoms with Crippen LogP contribution < -0.4 is 10.1 Å². The van der Waals surface area contributed by atoms with Crippen molar-refractivity contribution in [3.05, 3.63) is 60.1 Å². The quantitative estimate of drug-likeness (QED) is 0.772. The van der Waals surface area contributed by atoms with Crippen molar-refractivity contribution >= 4 is 16.7 Å². The molecule has 3 aromatic rings. The first-order valence-corrected chi connectivity index (χ1v) is 6.32. The molecule has 0 aliphatic rings. The lowest BCUT2D eigenvalue weighted by molar-refractivity contribution is 0.408. The van der Waals surface area contributed by atoms with E-state index in [-0.39, 0.29) is 5.82 Å². The number of benzene rings is 2. The molecule has 3 rings (SSSR count). The maximum Gasteiger partial charge on any atom is 0.176 e. The highest BCUT2D eigenvalue weighted by molar-refractivity contribution is 5.83. The van der Waals surface area contributed by atoms with Crippen LogP contribution in [0.25, 0.3) is 11.0 Å². The number of fused-ring (bicyclic) bond motifs is 1. The Morgan fingerprint density at radius 2 is 2.00 bits per heavy atom. The number of para-hydroxylation sites is 2.